The molecule has 5 heteroatoms. The Kier molecular flexibility index (Phi) is 4.84. The van der Waals surface area contributed by atoms with Gasteiger partial charge in [0.15, 0.2) is 0 Å². The average molecular weight is 291 g/mol. The van der Waals surface area contributed by atoms with Crippen molar-refractivity contribution in [3.05, 3.63) is 42.5 Å². The number of benzene rings is 1. The number of allylic oxidation sites excluding steroid dienone is 1. The SMILES string of the molecule is C=CCCC(NC(=O)C1CSc2ccccc21)C(=O)O. The minimum Gasteiger partial charge on any atom is -0.480 e. The summed E-state index contributed by atoms with van der Waals surface area (Å²) in [4.78, 5) is 24.5. The molecule has 0 aromatic heterocycles. The van der Waals surface area contributed by atoms with Crippen molar-refractivity contribution in [2.45, 2.75) is 29.7 Å². The quantitative estimate of drug-likeness (QED) is 0.790. The lowest BCUT2D eigenvalue weighted by atomic mass is 10.00. The summed E-state index contributed by atoms with van der Waals surface area (Å²) in [5.74, 6) is -0.807. The lowest BCUT2D eigenvalue weighted by molar-refractivity contribution is -0.142. The molecule has 106 valence electrons. The number of fused-ring (bicyclic) bond motifs is 1. The van der Waals surface area contributed by atoms with E-state index in [1.807, 2.05) is 24.3 Å². The molecule has 2 unspecified atom stereocenters. The number of carboxylic acid groups (broad SMARTS) is 1. The molecule has 2 atom stereocenters. The number of hydrogen-bond donors (Lipinski definition) is 2. The number of nitrogens with one attached hydrogen (secondary N) is 1. The molecule has 1 aromatic rings. The maximum absolute atomic E-state index is 12.3. The first-order valence-electron chi connectivity index (χ1n) is 6.49. The van der Waals surface area contributed by atoms with Crippen LogP contribution >= 0.6 is 11.8 Å². The summed E-state index contributed by atoms with van der Waals surface area (Å²) in [6.07, 6.45) is 2.59. The fourth-order valence-corrected chi connectivity index (χ4v) is 3.42. The highest BCUT2D eigenvalue weighted by Gasteiger charge is 2.31. The summed E-state index contributed by atoms with van der Waals surface area (Å²) in [6.45, 7) is 3.57. The van der Waals surface area contributed by atoms with E-state index in [2.05, 4.69) is 11.9 Å². The second-order valence-corrected chi connectivity index (χ2v) is 5.73. The van der Waals surface area contributed by atoms with E-state index in [0.717, 1.165) is 10.5 Å². The Morgan fingerprint density at radius 1 is 1.50 bits per heavy atom. The Hall–Kier alpha value is -1.75. The highest BCUT2D eigenvalue weighted by Crippen LogP contribution is 2.39. The summed E-state index contributed by atoms with van der Waals surface area (Å²) in [5, 5.41) is 11.8. The van der Waals surface area contributed by atoms with Crippen LogP contribution in [0.15, 0.2) is 41.8 Å². The Morgan fingerprint density at radius 2 is 2.25 bits per heavy atom. The normalized spacial score (nSPS) is 18.1. The summed E-state index contributed by atoms with van der Waals surface area (Å²) >= 11 is 1.63. The molecule has 0 bridgehead atoms. The Labute approximate surface area is 122 Å². The van der Waals surface area contributed by atoms with Crippen LogP contribution < -0.4 is 5.32 Å². The van der Waals surface area contributed by atoms with Crippen LogP contribution in [0, 0.1) is 0 Å². The summed E-state index contributed by atoms with van der Waals surface area (Å²) < 4.78 is 0. The summed E-state index contributed by atoms with van der Waals surface area (Å²) in [6, 6.07) is 6.91. The number of rotatable bonds is 6. The van der Waals surface area contributed by atoms with Crippen molar-refractivity contribution in [1.29, 1.82) is 0 Å². The van der Waals surface area contributed by atoms with Gasteiger partial charge in [0.2, 0.25) is 5.91 Å². The van der Waals surface area contributed by atoms with Crippen molar-refractivity contribution in [3.8, 4) is 0 Å². The summed E-state index contributed by atoms with van der Waals surface area (Å²) in [5.41, 5.74) is 0.989. The monoisotopic (exact) mass is 291 g/mol. The van der Waals surface area contributed by atoms with Crippen molar-refractivity contribution in [3.63, 3.8) is 0 Å². The van der Waals surface area contributed by atoms with Gasteiger partial charge in [-0.15, -0.1) is 18.3 Å². The second-order valence-electron chi connectivity index (χ2n) is 4.67. The van der Waals surface area contributed by atoms with Crippen molar-refractivity contribution >= 4 is 23.6 Å². The highest BCUT2D eigenvalue weighted by molar-refractivity contribution is 7.99. The molecule has 20 heavy (non-hydrogen) atoms. The number of amides is 1. The number of carbonyl (C=O) groups is 2. The number of aliphatic carboxylic acids is 1. The largest absolute Gasteiger partial charge is 0.480 e. The highest BCUT2D eigenvalue weighted by atomic mass is 32.2. The van der Waals surface area contributed by atoms with Gasteiger partial charge < -0.3 is 10.4 Å². The molecule has 1 aliphatic heterocycles. The molecule has 0 aliphatic carbocycles. The number of carbonyl (C=O) groups excluding carboxylic acids is 1. The fourth-order valence-electron chi connectivity index (χ4n) is 2.19. The van der Waals surface area contributed by atoms with E-state index < -0.39 is 12.0 Å². The van der Waals surface area contributed by atoms with Crippen molar-refractivity contribution < 1.29 is 14.7 Å². The fraction of sp³-hybridized carbons (Fsp3) is 0.333. The van der Waals surface area contributed by atoms with Crippen LogP contribution in [0.25, 0.3) is 0 Å². The van der Waals surface area contributed by atoms with Gasteiger partial charge in [-0.05, 0) is 24.5 Å². The van der Waals surface area contributed by atoms with Crippen molar-refractivity contribution in [1.82, 2.24) is 5.32 Å². The molecule has 4 nitrogen and oxygen atoms in total. The Morgan fingerprint density at radius 3 is 2.95 bits per heavy atom. The van der Waals surface area contributed by atoms with Gasteiger partial charge in [0.25, 0.3) is 0 Å². The van der Waals surface area contributed by atoms with E-state index in [4.69, 9.17) is 5.11 Å². The molecule has 2 N–H and O–H groups in total. The predicted molar refractivity (Wildman–Crippen MR) is 78.9 cm³/mol. The van der Waals surface area contributed by atoms with E-state index in [-0.39, 0.29) is 11.8 Å². The third-order valence-corrected chi connectivity index (χ3v) is 4.47. The number of hydrogen-bond acceptors (Lipinski definition) is 3. The third-order valence-electron chi connectivity index (χ3n) is 3.29. The molecule has 1 aromatic carbocycles. The maximum atomic E-state index is 12.3. The summed E-state index contributed by atoms with van der Waals surface area (Å²) in [7, 11) is 0. The second kappa shape index (κ2) is 6.61. The van der Waals surface area contributed by atoms with Crippen LogP contribution in [0.4, 0.5) is 0 Å². The zero-order valence-corrected chi connectivity index (χ0v) is 11.9. The Balaban J connectivity index is 2.05. The first-order chi connectivity index (χ1) is 9.63. The van der Waals surface area contributed by atoms with Gasteiger partial charge in [0.1, 0.15) is 6.04 Å². The minimum absolute atomic E-state index is 0.209. The van der Waals surface area contributed by atoms with Gasteiger partial charge in [0, 0.05) is 10.6 Å². The molecule has 0 radical (unpaired) electrons. The molecule has 2 rings (SSSR count). The number of carboxylic acids is 1. The molecular formula is C15H17NO3S. The zero-order valence-electron chi connectivity index (χ0n) is 11.0. The standard InChI is InChI=1S/C15H17NO3S/c1-2-3-7-12(15(18)19)16-14(17)11-9-20-13-8-5-4-6-10(11)13/h2,4-6,8,11-12H,1,3,7,9H2,(H,16,17)(H,18,19). The molecule has 1 heterocycles. The van der Waals surface area contributed by atoms with Crippen LogP contribution in [-0.2, 0) is 9.59 Å². The van der Waals surface area contributed by atoms with Crippen molar-refractivity contribution in [2.24, 2.45) is 0 Å². The van der Waals surface area contributed by atoms with Gasteiger partial charge in [-0.3, -0.25) is 4.79 Å². The number of thioether (sulfide) groups is 1. The minimum atomic E-state index is -1.00. The molecule has 0 fully saturated rings. The van der Waals surface area contributed by atoms with E-state index in [1.54, 1.807) is 17.8 Å². The van der Waals surface area contributed by atoms with E-state index in [9.17, 15) is 9.59 Å². The first-order valence-corrected chi connectivity index (χ1v) is 7.48. The molecule has 0 saturated heterocycles. The van der Waals surface area contributed by atoms with Gasteiger partial charge in [-0.2, -0.15) is 0 Å². The van der Waals surface area contributed by atoms with Gasteiger partial charge in [-0.1, -0.05) is 24.3 Å². The van der Waals surface area contributed by atoms with Gasteiger partial charge >= 0.3 is 5.97 Å². The smallest absolute Gasteiger partial charge is 0.326 e. The van der Waals surface area contributed by atoms with Gasteiger partial charge in [0.05, 0.1) is 5.92 Å². The van der Waals surface area contributed by atoms with Crippen LogP contribution in [0.3, 0.4) is 0 Å². The molecule has 1 aliphatic rings. The first kappa shape index (κ1) is 14.7. The topological polar surface area (TPSA) is 66.4 Å². The van der Waals surface area contributed by atoms with Crippen LogP contribution in [-0.4, -0.2) is 28.8 Å². The maximum Gasteiger partial charge on any atom is 0.326 e. The van der Waals surface area contributed by atoms with E-state index in [0.29, 0.717) is 18.6 Å². The van der Waals surface area contributed by atoms with E-state index >= 15 is 0 Å². The lowest BCUT2D eigenvalue weighted by Gasteiger charge is -2.17. The van der Waals surface area contributed by atoms with E-state index in [1.165, 1.54) is 0 Å². The van der Waals surface area contributed by atoms with Crippen molar-refractivity contribution in [2.75, 3.05) is 5.75 Å². The molecule has 1 amide bonds. The van der Waals surface area contributed by atoms with Gasteiger partial charge in [-0.25, -0.2) is 4.79 Å². The Bertz CT molecular complexity index is 530. The zero-order chi connectivity index (χ0) is 14.5. The molecule has 0 spiro atoms. The molecular weight excluding hydrogens is 274 g/mol. The van der Waals surface area contributed by atoms with Crippen LogP contribution in [0.2, 0.25) is 0 Å². The van der Waals surface area contributed by atoms with Crippen LogP contribution in [0.1, 0.15) is 24.3 Å². The average Bonchev–Trinajstić information content (AvgIpc) is 2.87. The molecule has 0 saturated carbocycles. The predicted octanol–water partition coefficient (Wildman–Crippen LogP) is 2.41. The third kappa shape index (κ3) is 3.22. The van der Waals surface area contributed by atoms with Crippen LogP contribution in [0.5, 0.6) is 0 Å². The lowest BCUT2D eigenvalue weighted by Crippen LogP contribution is -2.43.